The average molecular weight is 320 g/mol. The van der Waals surface area contributed by atoms with Gasteiger partial charge in [0.2, 0.25) is 0 Å². The van der Waals surface area contributed by atoms with Crippen molar-refractivity contribution in [3.8, 4) is 11.5 Å². The van der Waals surface area contributed by atoms with Crippen LogP contribution in [-0.2, 0) is 17.8 Å². The fourth-order valence-corrected chi connectivity index (χ4v) is 2.36. The molecular weight excluding hydrogens is 303 g/mol. The summed E-state index contributed by atoms with van der Waals surface area (Å²) in [6.45, 7) is 0.493. The Balaban J connectivity index is 0.00000192. The quantitative estimate of drug-likeness (QED) is 0.577. The molecule has 0 spiro atoms. The van der Waals surface area contributed by atoms with E-state index >= 15 is 0 Å². The molecule has 0 fully saturated rings. The first-order valence-corrected chi connectivity index (χ1v) is 7.18. The van der Waals surface area contributed by atoms with Gasteiger partial charge in [-0.2, -0.15) is 0 Å². The van der Waals surface area contributed by atoms with E-state index in [1.807, 2.05) is 48.5 Å². The molecule has 0 N–H and O–H groups in total. The third-order valence-corrected chi connectivity index (χ3v) is 3.55. The maximum absolute atomic E-state index is 11.6. The Morgan fingerprint density at radius 1 is 1.13 bits per heavy atom. The van der Waals surface area contributed by atoms with Crippen LogP contribution in [0, 0.1) is 0 Å². The molecule has 0 aliphatic carbocycles. The summed E-state index contributed by atoms with van der Waals surface area (Å²) in [5.74, 6) is 1.31. The van der Waals surface area contributed by atoms with Crippen LogP contribution in [0.1, 0.15) is 17.5 Å². The first-order chi connectivity index (χ1) is 10.8. The number of benzene rings is 2. The maximum atomic E-state index is 11.6. The molecule has 0 unspecified atom stereocenters. The van der Waals surface area contributed by atoms with E-state index in [-0.39, 0.29) is 29.6 Å². The minimum atomic E-state index is -0.416. The number of aryl methyl sites for hydroxylation is 1. The second kappa shape index (κ2) is 8.29. The Labute approximate surface area is 158 Å². The number of hydrogen-bond acceptors (Lipinski definition) is 4. The second-order valence-corrected chi connectivity index (χ2v) is 5.06. The number of hydrogen-bond donors (Lipinski definition) is 0. The summed E-state index contributed by atoms with van der Waals surface area (Å²) in [4.78, 5) is 0. The van der Waals surface area contributed by atoms with E-state index in [2.05, 4.69) is 0 Å². The molecule has 2 aromatic rings. The van der Waals surface area contributed by atoms with Gasteiger partial charge < -0.3 is 19.3 Å². The van der Waals surface area contributed by atoms with Crippen molar-refractivity contribution in [3.05, 3.63) is 71.4 Å². The van der Waals surface area contributed by atoms with Crippen molar-refractivity contribution in [2.75, 3.05) is 7.11 Å². The van der Waals surface area contributed by atoms with Crippen LogP contribution < -0.4 is 44.1 Å². The predicted octanol–water partition coefficient (Wildman–Crippen LogP) is -0.230. The third kappa shape index (κ3) is 4.44. The molecule has 0 atom stereocenters. The molecule has 23 heavy (non-hydrogen) atoms. The molecule has 1 aliphatic heterocycles. The Morgan fingerprint density at radius 3 is 2.65 bits per heavy atom. The summed E-state index contributed by atoms with van der Waals surface area (Å²) in [6.07, 6.45) is 1.32. The number of methoxy groups -OCH3 is 1. The molecule has 5 heteroatoms. The normalized spacial score (nSPS) is 14.8. The van der Waals surface area contributed by atoms with Gasteiger partial charge in [0, 0.05) is 12.5 Å². The number of fused-ring (bicyclic) bond motifs is 1. The summed E-state index contributed by atoms with van der Waals surface area (Å²) < 4.78 is 16.1. The molecule has 2 aromatic carbocycles. The number of allylic oxidation sites excluding steroid dienone is 1. The predicted molar refractivity (Wildman–Crippen MR) is 80.2 cm³/mol. The summed E-state index contributed by atoms with van der Waals surface area (Å²) in [5, 5.41) is 11.6. The zero-order valence-corrected chi connectivity index (χ0v) is 15.4. The molecule has 0 radical (unpaired) electrons. The Hall–Kier alpha value is -1.62. The van der Waals surface area contributed by atoms with E-state index in [4.69, 9.17) is 14.2 Å². The Morgan fingerprint density at radius 2 is 1.91 bits per heavy atom. The van der Waals surface area contributed by atoms with Gasteiger partial charge in [0.05, 0.1) is 5.95 Å². The van der Waals surface area contributed by atoms with Crippen molar-refractivity contribution in [2.45, 2.75) is 19.4 Å². The van der Waals surface area contributed by atoms with Crippen molar-refractivity contribution in [1.29, 1.82) is 0 Å². The van der Waals surface area contributed by atoms with Crippen LogP contribution in [0.4, 0.5) is 0 Å². The van der Waals surface area contributed by atoms with Gasteiger partial charge in [0.15, 0.2) is 0 Å². The van der Waals surface area contributed by atoms with Gasteiger partial charge >= 0.3 is 29.6 Å². The third-order valence-electron chi connectivity index (χ3n) is 3.55. The molecule has 114 valence electrons. The zero-order valence-electron chi connectivity index (χ0n) is 13.4. The van der Waals surface area contributed by atoms with Crippen LogP contribution in [0.5, 0.6) is 11.5 Å². The molecule has 0 amide bonds. The van der Waals surface area contributed by atoms with Gasteiger partial charge in [-0.25, -0.2) is 0 Å². The summed E-state index contributed by atoms with van der Waals surface area (Å²) in [6, 6.07) is 15.7. The number of ether oxygens (including phenoxy) is 3. The molecule has 0 bridgehead atoms. The average Bonchev–Trinajstić information content (AvgIpc) is 2.59. The molecule has 0 saturated heterocycles. The van der Waals surface area contributed by atoms with Gasteiger partial charge in [-0.15, -0.1) is 0 Å². The molecule has 0 aromatic heterocycles. The van der Waals surface area contributed by atoms with Crippen molar-refractivity contribution < 1.29 is 48.9 Å². The first kappa shape index (κ1) is 17.7. The van der Waals surface area contributed by atoms with E-state index in [0.717, 1.165) is 17.5 Å². The fraction of sp³-hybridized carbons (Fsp3) is 0.222. The molecule has 1 heterocycles. The SMILES string of the molecule is CO/C([O-])=C1\CCc2ccc(OCc3ccccc3)cc2O1.[Na+]. The van der Waals surface area contributed by atoms with Crippen molar-refractivity contribution in [2.24, 2.45) is 0 Å². The summed E-state index contributed by atoms with van der Waals surface area (Å²) in [7, 11) is 1.35. The van der Waals surface area contributed by atoms with Gasteiger partial charge in [-0.3, -0.25) is 0 Å². The molecule has 0 saturated carbocycles. The first-order valence-electron chi connectivity index (χ1n) is 7.18. The van der Waals surface area contributed by atoms with Crippen LogP contribution in [0.25, 0.3) is 0 Å². The molecular formula is C18H17NaO4. The standard InChI is InChI=1S/C18H18O4.Na/c1-20-18(19)16-10-8-14-7-9-15(11-17(14)22-16)21-12-13-5-3-2-4-6-13;/h2-7,9,11,19H,8,10,12H2,1H3;/q;+1/p-1/b18-16+;. The maximum Gasteiger partial charge on any atom is 1.00 e. The minimum Gasteiger partial charge on any atom is -0.614 e. The molecule has 1 aliphatic rings. The number of rotatable bonds is 4. The van der Waals surface area contributed by atoms with Crippen molar-refractivity contribution in [3.63, 3.8) is 0 Å². The van der Waals surface area contributed by atoms with Gasteiger partial charge in [-0.1, -0.05) is 36.4 Å². The van der Waals surface area contributed by atoms with Crippen LogP contribution >= 0.6 is 0 Å². The van der Waals surface area contributed by atoms with Crippen LogP contribution in [-0.4, -0.2) is 7.11 Å². The largest absolute Gasteiger partial charge is 1.00 e. The molecule has 4 nitrogen and oxygen atoms in total. The second-order valence-electron chi connectivity index (χ2n) is 5.06. The Bertz CT molecular complexity index is 683. The van der Waals surface area contributed by atoms with Crippen molar-refractivity contribution in [1.82, 2.24) is 0 Å². The fourth-order valence-electron chi connectivity index (χ4n) is 2.36. The van der Waals surface area contributed by atoms with E-state index in [1.165, 1.54) is 7.11 Å². The molecule has 3 rings (SSSR count). The van der Waals surface area contributed by atoms with E-state index in [1.54, 1.807) is 0 Å². The summed E-state index contributed by atoms with van der Waals surface area (Å²) in [5.41, 5.74) is 2.17. The van der Waals surface area contributed by atoms with Gasteiger partial charge in [0.1, 0.15) is 23.9 Å². The van der Waals surface area contributed by atoms with Crippen molar-refractivity contribution >= 4 is 0 Å². The van der Waals surface area contributed by atoms with E-state index in [9.17, 15) is 5.11 Å². The zero-order chi connectivity index (χ0) is 15.4. The van der Waals surface area contributed by atoms with E-state index < -0.39 is 5.95 Å². The topological polar surface area (TPSA) is 50.8 Å². The van der Waals surface area contributed by atoms with Crippen LogP contribution in [0.3, 0.4) is 0 Å². The van der Waals surface area contributed by atoms with Crippen LogP contribution in [0.2, 0.25) is 0 Å². The Kier molecular flexibility index (Phi) is 6.39. The summed E-state index contributed by atoms with van der Waals surface area (Å²) >= 11 is 0. The van der Waals surface area contributed by atoms with Gasteiger partial charge in [-0.05, 0) is 30.7 Å². The monoisotopic (exact) mass is 320 g/mol. The van der Waals surface area contributed by atoms with Crippen LogP contribution in [0.15, 0.2) is 60.2 Å². The van der Waals surface area contributed by atoms with E-state index in [0.29, 0.717) is 30.3 Å². The smallest absolute Gasteiger partial charge is 0.614 e. The van der Waals surface area contributed by atoms with Gasteiger partial charge in [0.25, 0.3) is 0 Å². The minimum absolute atomic E-state index is 0.